The van der Waals surface area contributed by atoms with Gasteiger partial charge >= 0.3 is 0 Å². The summed E-state index contributed by atoms with van der Waals surface area (Å²) in [6.45, 7) is 0. The van der Waals surface area contributed by atoms with Gasteiger partial charge in [0.2, 0.25) is 0 Å². The molecule has 54 valence electrons. The Morgan fingerprint density at radius 1 is 1.60 bits per heavy atom. The van der Waals surface area contributed by atoms with E-state index in [9.17, 15) is 4.79 Å². The molecule has 0 radical (unpaired) electrons. The van der Waals surface area contributed by atoms with E-state index in [-0.39, 0.29) is 5.56 Å². The maximum Gasteiger partial charge on any atom is 0.253 e. The van der Waals surface area contributed by atoms with Crippen molar-refractivity contribution in [1.29, 1.82) is 0 Å². The minimum Gasteiger partial charge on any atom is -0.497 e. The van der Waals surface area contributed by atoms with Crippen molar-refractivity contribution in [2.45, 2.75) is 0 Å². The third-order valence-electron chi connectivity index (χ3n) is 1.31. The summed E-state index contributed by atoms with van der Waals surface area (Å²) in [5, 5.41) is 0. The van der Waals surface area contributed by atoms with Crippen molar-refractivity contribution in [1.82, 2.24) is 4.57 Å². The maximum absolute atomic E-state index is 10.9. The van der Waals surface area contributed by atoms with Gasteiger partial charge < -0.3 is 9.30 Å². The predicted molar refractivity (Wildman–Crippen MR) is 38.2 cm³/mol. The number of ether oxygens (including phenoxy) is 1. The average molecular weight is 139 g/mol. The third-order valence-corrected chi connectivity index (χ3v) is 1.31. The minimum absolute atomic E-state index is 0.0562. The van der Waals surface area contributed by atoms with Crippen molar-refractivity contribution >= 4 is 0 Å². The summed E-state index contributed by atoms with van der Waals surface area (Å²) >= 11 is 0. The Morgan fingerprint density at radius 3 is 2.80 bits per heavy atom. The van der Waals surface area contributed by atoms with Gasteiger partial charge in [-0.1, -0.05) is 0 Å². The minimum atomic E-state index is -0.0562. The predicted octanol–water partition coefficient (Wildman–Crippen LogP) is 0.394. The Morgan fingerprint density at radius 2 is 2.30 bits per heavy atom. The first-order valence-corrected chi connectivity index (χ1v) is 2.94. The van der Waals surface area contributed by atoms with Crippen LogP contribution in [0.1, 0.15) is 0 Å². The molecule has 0 aliphatic heterocycles. The summed E-state index contributed by atoms with van der Waals surface area (Å²) in [4.78, 5) is 10.9. The van der Waals surface area contributed by atoms with E-state index in [0.717, 1.165) is 0 Å². The van der Waals surface area contributed by atoms with Gasteiger partial charge in [0, 0.05) is 19.3 Å². The van der Waals surface area contributed by atoms with E-state index in [1.165, 1.54) is 17.7 Å². The van der Waals surface area contributed by atoms with Gasteiger partial charge in [0.15, 0.2) is 0 Å². The Kier molecular flexibility index (Phi) is 1.76. The van der Waals surface area contributed by atoms with E-state index in [0.29, 0.717) is 5.75 Å². The fourth-order valence-corrected chi connectivity index (χ4v) is 0.657. The lowest BCUT2D eigenvalue weighted by Gasteiger charge is -1.98. The van der Waals surface area contributed by atoms with Crippen LogP contribution < -0.4 is 10.3 Å². The Balaban J connectivity index is 3.17. The number of methoxy groups -OCH3 is 1. The van der Waals surface area contributed by atoms with Crippen LogP contribution in [0, 0.1) is 0 Å². The lowest BCUT2D eigenvalue weighted by molar-refractivity contribution is 0.412. The van der Waals surface area contributed by atoms with E-state index in [1.807, 2.05) is 0 Å². The third kappa shape index (κ3) is 1.18. The van der Waals surface area contributed by atoms with Gasteiger partial charge in [0.25, 0.3) is 5.56 Å². The average Bonchev–Trinajstić information content (AvgIpc) is 1.95. The molecule has 0 aliphatic carbocycles. The van der Waals surface area contributed by atoms with Crippen LogP contribution in [-0.4, -0.2) is 11.7 Å². The fourth-order valence-electron chi connectivity index (χ4n) is 0.657. The number of hydrogen-bond acceptors (Lipinski definition) is 2. The second-order valence-corrected chi connectivity index (χ2v) is 2.02. The van der Waals surface area contributed by atoms with Crippen molar-refractivity contribution in [3.05, 3.63) is 28.7 Å². The summed E-state index contributed by atoms with van der Waals surface area (Å²) in [5.41, 5.74) is -0.0562. The molecule has 0 saturated carbocycles. The highest BCUT2D eigenvalue weighted by atomic mass is 16.5. The molecule has 0 N–H and O–H groups in total. The number of pyridine rings is 1. The second kappa shape index (κ2) is 2.56. The molecular weight excluding hydrogens is 130 g/mol. The molecule has 0 spiro atoms. The molecule has 0 unspecified atom stereocenters. The van der Waals surface area contributed by atoms with Gasteiger partial charge in [-0.2, -0.15) is 0 Å². The van der Waals surface area contributed by atoms with Gasteiger partial charge in [-0.15, -0.1) is 0 Å². The van der Waals surface area contributed by atoms with Crippen LogP contribution in [0.25, 0.3) is 0 Å². The van der Waals surface area contributed by atoms with Gasteiger partial charge in [-0.05, 0) is 6.07 Å². The normalized spacial score (nSPS) is 9.40. The monoisotopic (exact) mass is 139 g/mol. The Labute approximate surface area is 58.9 Å². The summed E-state index contributed by atoms with van der Waals surface area (Å²) in [7, 11) is 3.23. The molecule has 1 aromatic heterocycles. The summed E-state index contributed by atoms with van der Waals surface area (Å²) in [5.74, 6) is 0.600. The fraction of sp³-hybridized carbons (Fsp3) is 0.286. The molecule has 0 fully saturated rings. The smallest absolute Gasteiger partial charge is 0.253 e. The van der Waals surface area contributed by atoms with Crippen molar-refractivity contribution in [2.24, 2.45) is 7.05 Å². The van der Waals surface area contributed by atoms with Gasteiger partial charge in [0.05, 0.1) is 7.11 Å². The van der Waals surface area contributed by atoms with E-state index < -0.39 is 0 Å². The lowest BCUT2D eigenvalue weighted by atomic mass is 10.4. The number of nitrogens with zero attached hydrogens (tertiary/aromatic N) is 1. The van der Waals surface area contributed by atoms with E-state index in [4.69, 9.17) is 4.74 Å². The Hall–Kier alpha value is -1.25. The first-order valence-electron chi connectivity index (χ1n) is 2.94. The van der Waals surface area contributed by atoms with E-state index in [1.54, 1.807) is 19.3 Å². The van der Waals surface area contributed by atoms with Gasteiger partial charge in [-0.3, -0.25) is 4.79 Å². The van der Waals surface area contributed by atoms with Gasteiger partial charge in [0.1, 0.15) is 5.75 Å². The van der Waals surface area contributed by atoms with Crippen LogP contribution in [0.2, 0.25) is 0 Å². The lowest BCUT2D eigenvalue weighted by Crippen LogP contribution is -2.13. The number of aryl methyl sites for hydroxylation is 1. The molecular formula is C7H9NO2. The molecule has 0 aromatic carbocycles. The topological polar surface area (TPSA) is 31.2 Å². The van der Waals surface area contributed by atoms with Crippen molar-refractivity contribution in [3.8, 4) is 5.75 Å². The SMILES string of the molecule is COc1ccn(C)c(=O)c1. The highest BCUT2D eigenvalue weighted by Crippen LogP contribution is 2.02. The molecule has 0 saturated heterocycles. The highest BCUT2D eigenvalue weighted by molar-refractivity contribution is 5.17. The summed E-state index contributed by atoms with van der Waals surface area (Å²) in [6.07, 6.45) is 1.67. The van der Waals surface area contributed by atoms with E-state index in [2.05, 4.69) is 0 Å². The molecule has 3 heteroatoms. The highest BCUT2D eigenvalue weighted by Gasteiger charge is 1.91. The molecule has 10 heavy (non-hydrogen) atoms. The molecule has 1 rings (SSSR count). The molecule has 0 aliphatic rings. The maximum atomic E-state index is 10.9. The zero-order valence-corrected chi connectivity index (χ0v) is 6.00. The first-order chi connectivity index (χ1) is 4.74. The first kappa shape index (κ1) is 6.86. The van der Waals surface area contributed by atoms with Crippen LogP contribution in [-0.2, 0) is 7.05 Å². The number of hydrogen-bond donors (Lipinski definition) is 0. The zero-order chi connectivity index (χ0) is 7.56. The molecule has 0 atom stereocenters. The largest absolute Gasteiger partial charge is 0.497 e. The van der Waals surface area contributed by atoms with Crippen LogP contribution in [0.5, 0.6) is 5.75 Å². The van der Waals surface area contributed by atoms with Gasteiger partial charge in [-0.25, -0.2) is 0 Å². The van der Waals surface area contributed by atoms with Crippen molar-refractivity contribution in [3.63, 3.8) is 0 Å². The van der Waals surface area contributed by atoms with Crippen LogP contribution in [0.3, 0.4) is 0 Å². The quantitative estimate of drug-likeness (QED) is 0.563. The van der Waals surface area contributed by atoms with Crippen LogP contribution in [0.15, 0.2) is 23.1 Å². The standard InChI is InChI=1S/C7H9NO2/c1-8-4-3-6(10-2)5-7(8)9/h3-5H,1-2H3. The zero-order valence-electron chi connectivity index (χ0n) is 6.00. The summed E-state index contributed by atoms with van der Waals surface area (Å²) < 4.78 is 6.33. The molecule has 0 bridgehead atoms. The number of rotatable bonds is 1. The Bertz CT molecular complexity index is 277. The number of aromatic nitrogens is 1. The molecule has 1 aromatic rings. The van der Waals surface area contributed by atoms with Crippen LogP contribution >= 0.6 is 0 Å². The van der Waals surface area contributed by atoms with E-state index >= 15 is 0 Å². The molecule has 0 amide bonds. The second-order valence-electron chi connectivity index (χ2n) is 2.02. The van der Waals surface area contributed by atoms with Crippen molar-refractivity contribution in [2.75, 3.05) is 7.11 Å². The molecule has 1 heterocycles. The molecule has 3 nitrogen and oxygen atoms in total. The summed E-state index contributed by atoms with van der Waals surface area (Å²) in [6, 6.07) is 3.18. The van der Waals surface area contributed by atoms with Crippen molar-refractivity contribution < 1.29 is 4.74 Å². The van der Waals surface area contributed by atoms with Crippen LogP contribution in [0.4, 0.5) is 0 Å².